The highest BCUT2D eigenvalue weighted by Crippen LogP contribution is 1.64. The van der Waals surface area contributed by atoms with Crippen LogP contribution in [-0.2, 0) is 11.6 Å². The van der Waals surface area contributed by atoms with E-state index in [1.165, 1.54) is 0 Å². The molecular formula is C2H3N3S2. The first-order chi connectivity index (χ1) is 3.27. The van der Waals surface area contributed by atoms with Gasteiger partial charge in [-0.15, -0.1) is 4.36 Å². The smallest absolute Gasteiger partial charge is 0.212 e. The predicted octanol–water partition coefficient (Wildman–Crippen LogP) is -0.290. The molecular weight excluding hydrogens is 130 g/mol. The van der Waals surface area contributed by atoms with Gasteiger partial charge in [0.25, 0.3) is 0 Å². The molecule has 0 heterocycles. The Labute approximate surface area is 50.3 Å². The predicted molar refractivity (Wildman–Crippen MR) is 33.6 cm³/mol. The van der Waals surface area contributed by atoms with Gasteiger partial charge in [0.15, 0.2) is 0 Å². The standard InChI is InChI=1S/C2H3N3S2/c3-1-5-7-2(4)6/h7H,(H2,4,6). The van der Waals surface area contributed by atoms with Crippen LogP contribution in [0.25, 0.3) is 0 Å². The monoisotopic (exact) mass is 133 g/mol. The zero-order valence-electron chi connectivity index (χ0n) is 3.33. The molecule has 0 saturated heterocycles. The van der Waals surface area contributed by atoms with Crippen molar-refractivity contribution < 1.29 is 0 Å². The van der Waals surface area contributed by atoms with E-state index in [9.17, 15) is 0 Å². The van der Waals surface area contributed by atoms with Crippen molar-refractivity contribution >= 4 is 28.1 Å². The molecule has 0 aromatic rings. The Hall–Kier alpha value is -0.470. The van der Waals surface area contributed by atoms with E-state index in [-0.39, 0.29) is 4.32 Å². The zero-order chi connectivity index (χ0) is 5.70. The van der Waals surface area contributed by atoms with Crippen molar-refractivity contribution in [3.63, 3.8) is 0 Å². The summed E-state index contributed by atoms with van der Waals surface area (Å²) in [5, 5.41) is 7.78. The maximum atomic E-state index is 7.78. The Bertz CT molecular complexity index is 132. The Morgan fingerprint density at radius 1 is 2.00 bits per heavy atom. The molecule has 0 bridgehead atoms. The molecule has 38 valence electrons. The van der Waals surface area contributed by atoms with Crippen LogP contribution in [0.15, 0.2) is 4.36 Å². The molecule has 0 fully saturated rings. The summed E-state index contributed by atoms with van der Waals surface area (Å²) in [7, 11) is 0. The van der Waals surface area contributed by atoms with Gasteiger partial charge in [0.1, 0.15) is 4.32 Å². The minimum atomic E-state index is 0.224. The summed E-state index contributed by atoms with van der Waals surface area (Å²) in [6.45, 7) is 0. The number of thiocarbonyl (C=S) groups is 1. The number of hydrogen-bond acceptors (Lipinski definition) is 3. The topological polar surface area (TPSA) is 62.2 Å². The average Bonchev–Trinajstić information content (AvgIpc) is 1.61. The van der Waals surface area contributed by atoms with Gasteiger partial charge in [-0.2, -0.15) is 5.26 Å². The molecule has 0 amide bonds. The van der Waals surface area contributed by atoms with E-state index in [0.717, 1.165) is 0 Å². The number of nitrogens with zero attached hydrogens (tertiary/aromatic N) is 2. The normalized spacial score (nSPS) is 9.57. The van der Waals surface area contributed by atoms with Crippen LogP contribution in [0, 0.1) is 11.5 Å². The number of rotatable bonds is 0. The van der Waals surface area contributed by atoms with Crippen LogP contribution in [-0.4, -0.2) is 4.32 Å². The first-order valence-corrected chi connectivity index (χ1v) is 2.62. The van der Waals surface area contributed by atoms with Gasteiger partial charge in [0.2, 0.25) is 6.19 Å². The van der Waals surface area contributed by atoms with Crippen LogP contribution in [0.2, 0.25) is 0 Å². The molecule has 0 aliphatic carbocycles. The van der Waals surface area contributed by atoms with Crippen molar-refractivity contribution in [1.29, 1.82) is 5.26 Å². The lowest BCUT2D eigenvalue weighted by atomic mass is 11.5. The van der Waals surface area contributed by atoms with Gasteiger partial charge in [-0.1, -0.05) is 12.2 Å². The summed E-state index contributed by atoms with van der Waals surface area (Å²) >= 11 is 4.76. The molecule has 0 rings (SSSR count). The average molecular weight is 133 g/mol. The Kier molecular flexibility index (Phi) is 3.46. The Morgan fingerprint density at radius 3 is 2.71 bits per heavy atom. The molecule has 2 N–H and O–H groups in total. The van der Waals surface area contributed by atoms with E-state index < -0.39 is 0 Å². The lowest BCUT2D eigenvalue weighted by Crippen LogP contribution is -2.03. The number of hydrogen-bond donors (Lipinski definition) is 2. The first kappa shape index (κ1) is 6.53. The van der Waals surface area contributed by atoms with E-state index in [1.807, 2.05) is 0 Å². The highest BCUT2D eigenvalue weighted by molar-refractivity contribution is 8.04. The molecule has 0 aromatic heterocycles. The molecule has 7 heavy (non-hydrogen) atoms. The fraction of sp³-hybridized carbons (Fsp3) is 0. The van der Waals surface area contributed by atoms with E-state index in [1.54, 1.807) is 6.19 Å². The fourth-order valence-corrected chi connectivity index (χ4v) is 0.337. The number of thiol groups is 1. The van der Waals surface area contributed by atoms with Crippen molar-refractivity contribution in [2.24, 2.45) is 10.1 Å². The quantitative estimate of drug-likeness (QED) is 0.271. The van der Waals surface area contributed by atoms with Crippen molar-refractivity contribution in [2.75, 3.05) is 0 Å². The van der Waals surface area contributed by atoms with Crippen molar-refractivity contribution in [3.05, 3.63) is 0 Å². The zero-order valence-corrected chi connectivity index (χ0v) is 5.04. The summed E-state index contributed by atoms with van der Waals surface area (Å²) in [6, 6.07) is 0. The number of nitriles is 1. The lowest BCUT2D eigenvalue weighted by molar-refractivity contribution is 1.46. The highest BCUT2D eigenvalue weighted by atomic mass is 32.2. The maximum absolute atomic E-state index is 7.78. The Balaban J connectivity index is 3.53. The van der Waals surface area contributed by atoms with Gasteiger partial charge in [0, 0.05) is 0 Å². The summed E-state index contributed by atoms with van der Waals surface area (Å²) in [6.07, 6.45) is 1.54. The summed E-state index contributed by atoms with van der Waals surface area (Å²) < 4.78 is 3.41. The van der Waals surface area contributed by atoms with Crippen LogP contribution < -0.4 is 5.73 Å². The van der Waals surface area contributed by atoms with Gasteiger partial charge < -0.3 is 5.73 Å². The molecule has 0 atom stereocenters. The molecule has 5 heteroatoms. The van der Waals surface area contributed by atoms with Crippen molar-refractivity contribution in [1.82, 2.24) is 0 Å². The van der Waals surface area contributed by atoms with Gasteiger partial charge >= 0.3 is 0 Å². The molecule has 3 nitrogen and oxygen atoms in total. The lowest BCUT2D eigenvalue weighted by Gasteiger charge is -1.73. The van der Waals surface area contributed by atoms with E-state index in [0.29, 0.717) is 11.6 Å². The van der Waals surface area contributed by atoms with Gasteiger partial charge in [-0.3, -0.25) is 0 Å². The summed E-state index contributed by atoms with van der Waals surface area (Å²) in [5.41, 5.74) is 4.95. The third-order valence-corrected chi connectivity index (χ3v) is 0.825. The van der Waals surface area contributed by atoms with Crippen LogP contribution >= 0.6 is 12.2 Å². The molecule has 0 radical (unpaired) electrons. The molecule has 0 aromatic carbocycles. The van der Waals surface area contributed by atoms with Crippen LogP contribution in [0.5, 0.6) is 0 Å². The molecule has 0 aliphatic rings. The fourth-order valence-electron chi connectivity index (χ4n) is 0.0716. The number of nitrogens with two attached hydrogens (primary N) is 1. The molecule has 0 spiro atoms. The molecule has 0 saturated carbocycles. The molecule has 0 unspecified atom stereocenters. The first-order valence-electron chi connectivity index (χ1n) is 1.36. The second-order valence-corrected chi connectivity index (χ2v) is 2.26. The second kappa shape index (κ2) is 3.71. The van der Waals surface area contributed by atoms with Gasteiger partial charge in [-0.25, -0.2) is 0 Å². The highest BCUT2D eigenvalue weighted by Gasteiger charge is 1.70. The SMILES string of the molecule is N#CN=[SH]C(N)=S. The molecule has 0 aliphatic heterocycles. The largest absolute Gasteiger partial charge is 0.384 e. The maximum Gasteiger partial charge on any atom is 0.212 e. The van der Waals surface area contributed by atoms with Crippen LogP contribution in [0.4, 0.5) is 0 Å². The van der Waals surface area contributed by atoms with Crippen molar-refractivity contribution in [3.8, 4) is 6.19 Å². The van der Waals surface area contributed by atoms with E-state index >= 15 is 0 Å². The summed E-state index contributed by atoms with van der Waals surface area (Å²) in [5.74, 6) is 0. The van der Waals surface area contributed by atoms with Crippen LogP contribution in [0.3, 0.4) is 0 Å². The minimum Gasteiger partial charge on any atom is -0.384 e. The van der Waals surface area contributed by atoms with Gasteiger partial charge in [-0.05, 0) is 11.6 Å². The minimum absolute atomic E-state index is 0.224. The van der Waals surface area contributed by atoms with E-state index in [2.05, 4.69) is 16.6 Å². The van der Waals surface area contributed by atoms with E-state index in [4.69, 9.17) is 11.0 Å². The summed E-state index contributed by atoms with van der Waals surface area (Å²) in [4.78, 5) is 0. The van der Waals surface area contributed by atoms with Crippen LogP contribution in [0.1, 0.15) is 0 Å². The third kappa shape index (κ3) is 5.53. The van der Waals surface area contributed by atoms with Crippen molar-refractivity contribution in [2.45, 2.75) is 0 Å². The third-order valence-electron chi connectivity index (χ3n) is 0.193. The second-order valence-electron chi connectivity index (χ2n) is 0.638. The van der Waals surface area contributed by atoms with Gasteiger partial charge in [0.05, 0.1) is 0 Å². The Morgan fingerprint density at radius 2 is 2.57 bits per heavy atom.